The molecule has 0 aliphatic carbocycles. The summed E-state index contributed by atoms with van der Waals surface area (Å²) in [7, 11) is 1.58. The molecule has 0 saturated carbocycles. The van der Waals surface area contributed by atoms with Gasteiger partial charge in [0.05, 0.1) is 5.92 Å². The minimum atomic E-state index is -0.921. The molecule has 1 unspecified atom stereocenters. The smallest absolute Gasteiger partial charge is 0.317 e. The van der Waals surface area contributed by atoms with Crippen LogP contribution < -0.4 is 10.1 Å². The molecule has 6 nitrogen and oxygen atoms in total. The summed E-state index contributed by atoms with van der Waals surface area (Å²) < 4.78 is 5.73. The Bertz CT molecular complexity index is 734. The molecule has 138 valence electrons. The average Bonchev–Trinajstić information content (AvgIpc) is 2.65. The molecule has 0 fully saturated rings. The fourth-order valence-electron chi connectivity index (χ4n) is 2.40. The molecule has 0 aliphatic rings. The van der Waals surface area contributed by atoms with Crippen molar-refractivity contribution in [3.8, 4) is 5.75 Å². The van der Waals surface area contributed by atoms with Crippen molar-refractivity contribution in [1.29, 1.82) is 0 Å². The summed E-state index contributed by atoms with van der Waals surface area (Å²) in [5.74, 6) is -0.722. The topological polar surface area (TPSA) is 78.9 Å². The van der Waals surface area contributed by atoms with E-state index in [0.717, 1.165) is 16.9 Å². The van der Waals surface area contributed by atoms with E-state index in [1.54, 1.807) is 14.0 Å². The van der Waals surface area contributed by atoms with Crippen LogP contribution in [0.25, 0.3) is 0 Å². The number of carbonyl (C=O) groups is 2. The van der Waals surface area contributed by atoms with Gasteiger partial charge in [0.2, 0.25) is 0 Å². The molecule has 2 N–H and O–H groups in total. The lowest BCUT2D eigenvalue weighted by Crippen LogP contribution is -2.40. The quantitative estimate of drug-likeness (QED) is 0.762. The van der Waals surface area contributed by atoms with E-state index in [-0.39, 0.29) is 12.6 Å². The fourth-order valence-corrected chi connectivity index (χ4v) is 2.40. The third-order valence-electron chi connectivity index (χ3n) is 3.90. The molecule has 2 rings (SSSR count). The molecule has 0 saturated heterocycles. The van der Waals surface area contributed by atoms with E-state index in [9.17, 15) is 9.59 Å². The van der Waals surface area contributed by atoms with Crippen LogP contribution in [0, 0.1) is 5.92 Å². The highest BCUT2D eigenvalue weighted by atomic mass is 16.5. The van der Waals surface area contributed by atoms with Crippen LogP contribution in [0.4, 0.5) is 4.79 Å². The number of rotatable bonds is 8. The van der Waals surface area contributed by atoms with Crippen molar-refractivity contribution in [2.24, 2.45) is 5.92 Å². The number of aliphatic carboxylic acids is 1. The Morgan fingerprint density at radius 3 is 2.50 bits per heavy atom. The Morgan fingerprint density at radius 1 is 1.12 bits per heavy atom. The van der Waals surface area contributed by atoms with Crippen LogP contribution in [0.1, 0.15) is 18.1 Å². The van der Waals surface area contributed by atoms with Crippen LogP contribution >= 0.6 is 0 Å². The molecular formula is C20H24N2O4. The van der Waals surface area contributed by atoms with Gasteiger partial charge in [0, 0.05) is 20.1 Å². The first-order valence-electron chi connectivity index (χ1n) is 8.43. The van der Waals surface area contributed by atoms with Crippen LogP contribution in [0.3, 0.4) is 0 Å². The maximum absolute atomic E-state index is 12.1. The van der Waals surface area contributed by atoms with Gasteiger partial charge in [0.15, 0.2) is 0 Å². The first-order valence-corrected chi connectivity index (χ1v) is 8.43. The van der Waals surface area contributed by atoms with Gasteiger partial charge in [-0.2, -0.15) is 0 Å². The largest absolute Gasteiger partial charge is 0.489 e. The number of carboxylic acid groups (broad SMARTS) is 1. The van der Waals surface area contributed by atoms with E-state index in [0.29, 0.717) is 13.2 Å². The van der Waals surface area contributed by atoms with Gasteiger partial charge >= 0.3 is 12.0 Å². The molecule has 26 heavy (non-hydrogen) atoms. The van der Waals surface area contributed by atoms with Crippen LogP contribution in [0.2, 0.25) is 0 Å². The van der Waals surface area contributed by atoms with Crippen LogP contribution in [0.15, 0.2) is 54.6 Å². The lowest BCUT2D eigenvalue weighted by atomic mass is 10.1. The highest BCUT2D eigenvalue weighted by Gasteiger charge is 2.17. The Morgan fingerprint density at radius 2 is 1.81 bits per heavy atom. The molecule has 1 atom stereocenters. The zero-order valence-corrected chi connectivity index (χ0v) is 15.0. The predicted octanol–water partition coefficient (Wildman–Crippen LogP) is 3.13. The van der Waals surface area contributed by atoms with Gasteiger partial charge in [-0.25, -0.2) is 4.79 Å². The third kappa shape index (κ3) is 6.12. The second-order valence-corrected chi connectivity index (χ2v) is 6.20. The molecule has 2 aromatic carbocycles. The lowest BCUT2D eigenvalue weighted by molar-refractivity contribution is -0.141. The van der Waals surface area contributed by atoms with Crippen LogP contribution in [-0.4, -0.2) is 35.6 Å². The van der Waals surface area contributed by atoms with Gasteiger partial charge in [0.1, 0.15) is 12.4 Å². The summed E-state index contributed by atoms with van der Waals surface area (Å²) in [6, 6.07) is 17.1. The molecule has 0 radical (unpaired) electrons. The molecule has 6 heteroatoms. The second kappa shape index (κ2) is 9.46. The fraction of sp³-hybridized carbons (Fsp3) is 0.300. The number of urea groups is 1. The second-order valence-electron chi connectivity index (χ2n) is 6.20. The number of nitrogens with zero attached hydrogens (tertiary/aromatic N) is 1. The number of carbonyl (C=O) groups excluding carboxylic acids is 1. The maximum atomic E-state index is 12.1. The highest BCUT2D eigenvalue weighted by molar-refractivity contribution is 5.75. The first-order chi connectivity index (χ1) is 12.5. The highest BCUT2D eigenvalue weighted by Crippen LogP contribution is 2.13. The number of para-hydroxylation sites is 1. The molecule has 0 spiro atoms. The molecular weight excluding hydrogens is 332 g/mol. The SMILES string of the molecule is CC(CN(C)C(=O)NCc1cccc(COc2ccccc2)c1)C(=O)O. The lowest BCUT2D eigenvalue weighted by Gasteiger charge is -2.20. The van der Waals surface area contributed by atoms with Gasteiger partial charge in [-0.3, -0.25) is 4.79 Å². The van der Waals surface area contributed by atoms with E-state index >= 15 is 0 Å². The van der Waals surface area contributed by atoms with Crippen LogP contribution in [0.5, 0.6) is 5.75 Å². The number of hydrogen-bond acceptors (Lipinski definition) is 3. The summed E-state index contributed by atoms with van der Waals surface area (Å²) in [6.45, 7) is 2.54. The van der Waals surface area contributed by atoms with Gasteiger partial charge in [0.25, 0.3) is 0 Å². The zero-order chi connectivity index (χ0) is 18.9. The van der Waals surface area contributed by atoms with Crippen LogP contribution in [-0.2, 0) is 17.9 Å². The van der Waals surface area contributed by atoms with E-state index in [4.69, 9.17) is 9.84 Å². The monoisotopic (exact) mass is 356 g/mol. The number of hydrogen-bond donors (Lipinski definition) is 2. The minimum Gasteiger partial charge on any atom is -0.489 e. The number of ether oxygens (including phenoxy) is 1. The van der Waals surface area contributed by atoms with E-state index in [1.807, 2.05) is 54.6 Å². The van der Waals surface area contributed by atoms with E-state index in [2.05, 4.69) is 5.32 Å². The molecule has 0 bridgehead atoms. The summed E-state index contributed by atoms with van der Waals surface area (Å²) in [4.78, 5) is 24.3. The van der Waals surface area contributed by atoms with E-state index < -0.39 is 11.9 Å². The Hall–Kier alpha value is -3.02. The summed E-state index contributed by atoms with van der Waals surface area (Å²) >= 11 is 0. The number of benzene rings is 2. The van der Waals surface area contributed by atoms with Crippen molar-refractivity contribution in [2.45, 2.75) is 20.1 Å². The average molecular weight is 356 g/mol. The molecule has 2 aromatic rings. The standard InChI is InChI=1S/C20H24N2O4/c1-15(19(23)24)13-22(2)20(25)21-12-16-7-6-8-17(11-16)14-26-18-9-4-3-5-10-18/h3-11,15H,12-14H2,1-2H3,(H,21,25)(H,23,24). The number of nitrogens with one attached hydrogen (secondary N) is 1. The maximum Gasteiger partial charge on any atom is 0.317 e. The van der Waals surface area contributed by atoms with Crippen molar-refractivity contribution in [3.63, 3.8) is 0 Å². The Kier molecular flexibility index (Phi) is 7.02. The number of carboxylic acids is 1. The van der Waals surface area contributed by atoms with Crippen molar-refractivity contribution in [1.82, 2.24) is 10.2 Å². The third-order valence-corrected chi connectivity index (χ3v) is 3.90. The summed E-state index contributed by atoms with van der Waals surface area (Å²) in [6.07, 6.45) is 0. The summed E-state index contributed by atoms with van der Waals surface area (Å²) in [5.41, 5.74) is 1.96. The van der Waals surface area contributed by atoms with E-state index in [1.165, 1.54) is 4.90 Å². The molecule has 2 amide bonds. The molecule has 0 aliphatic heterocycles. The normalized spacial score (nSPS) is 11.5. The zero-order valence-electron chi connectivity index (χ0n) is 15.0. The molecule has 0 aromatic heterocycles. The van der Waals surface area contributed by atoms with Crippen molar-refractivity contribution >= 4 is 12.0 Å². The Balaban J connectivity index is 1.84. The van der Waals surface area contributed by atoms with Crippen molar-refractivity contribution in [2.75, 3.05) is 13.6 Å². The van der Waals surface area contributed by atoms with Gasteiger partial charge in [-0.1, -0.05) is 49.4 Å². The van der Waals surface area contributed by atoms with Gasteiger partial charge in [-0.15, -0.1) is 0 Å². The Labute approximate surface area is 153 Å². The van der Waals surface area contributed by atoms with Gasteiger partial charge < -0.3 is 20.1 Å². The summed E-state index contributed by atoms with van der Waals surface area (Å²) in [5, 5.41) is 11.7. The van der Waals surface area contributed by atoms with Crippen molar-refractivity contribution in [3.05, 3.63) is 65.7 Å². The first kappa shape index (κ1) is 19.3. The molecule has 0 heterocycles. The van der Waals surface area contributed by atoms with Crippen molar-refractivity contribution < 1.29 is 19.4 Å². The number of amides is 2. The van der Waals surface area contributed by atoms with Gasteiger partial charge in [-0.05, 0) is 23.3 Å². The minimum absolute atomic E-state index is 0.159. The predicted molar refractivity (Wildman–Crippen MR) is 98.9 cm³/mol.